The van der Waals surface area contributed by atoms with Crippen molar-refractivity contribution >= 4 is 21.6 Å². The number of benzene rings is 2. The summed E-state index contributed by atoms with van der Waals surface area (Å²) in [6, 6.07) is 14.4. The van der Waals surface area contributed by atoms with Gasteiger partial charge in [0.15, 0.2) is 0 Å². The van der Waals surface area contributed by atoms with Crippen LogP contribution in [0.1, 0.15) is 24.0 Å². The minimum absolute atomic E-state index is 0.0898. The minimum Gasteiger partial charge on any atom is -0.312 e. The average Bonchev–Trinajstić information content (AvgIpc) is 3.03. The molecule has 1 saturated heterocycles. The number of rotatable bonds is 6. The number of anilines is 1. The van der Waals surface area contributed by atoms with Crippen LogP contribution in [0.25, 0.3) is 0 Å². The molecule has 0 aromatic heterocycles. The van der Waals surface area contributed by atoms with E-state index in [0.717, 1.165) is 23.2 Å². The molecular weight excluding hydrogens is 336 g/mol. The molecular formula is C19H22N2O3S. The van der Waals surface area contributed by atoms with Crippen LogP contribution in [0.2, 0.25) is 0 Å². The van der Waals surface area contributed by atoms with Crippen molar-refractivity contribution < 1.29 is 13.2 Å². The summed E-state index contributed by atoms with van der Waals surface area (Å²) >= 11 is 0. The maximum atomic E-state index is 12.4. The Morgan fingerprint density at radius 1 is 1.08 bits per heavy atom. The number of hydrogen-bond acceptors (Lipinski definition) is 3. The van der Waals surface area contributed by atoms with Gasteiger partial charge in [-0.15, -0.1) is 0 Å². The first-order valence-electron chi connectivity index (χ1n) is 8.42. The van der Waals surface area contributed by atoms with Crippen LogP contribution in [-0.2, 0) is 21.2 Å². The van der Waals surface area contributed by atoms with Gasteiger partial charge in [-0.05, 0) is 55.2 Å². The molecule has 0 aliphatic carbocycles. The van der Waals surface area contributed by atoms with Gasteiger partial charge in [0, 0.05) is 25.2 Å². The first kappa shape index (κ1) is 17.6. The molecule has 2 aromatic rings. The Labute approximate surface area is 148 Å². The van der Waals surface area contributed by atoms with Gasteiger partial charge >= 0.3 is 0 Å². The molecule has 6 heteroatoms. The molecule has 0 atom stereocenters. The van der Waals surface area contributed by atoms with Crippen molar-refractivity contribution in [2.75, 3.05) is 18.0 Å². The molecule has 0 radical (unpaired) electrons. The molecule has 1 N–H and O–H groups in total. The summed E-state index contributed by atoms with van der Waals surface area (Å²) in [5.41, 5.74) is 3.04. The Hall–Kier alpha value is -2.18. The lowest BCUT2D eigenvalue weighted by molar-refractivity contribution is -0.117. The highest BCUT2D eigenvalue weighted by molar-refractivity contribution is 7.89. The second-order valence-corrected chi connectivity index (χ2v) is 7.98. The molecule has 25 heavy (non-hydrogen) atoms. The monoisotopic (exact) mass is 358 g/mol. The van der Waals surface area contributed by atoms with Gasteiger partial charge in [-0.25, -0.2) is 13.1 Å². The lowest BCUT2D eigenvalue weighted by atomic mass is 10.1. The zero-order valence-corrected chi connectivity index (χ0v) is 15.1. The van der Waals surface area contributed by atoms with Gasteiger partial charge in [0.05, 0.1) is 4.90 Å². The summed E-state index contributed by atoms with van der Waals surface area (Å²) < 4.78 is 27.5. The van der Waals surface area contributed by atoms with E-state index in [4.69, 9.17) is 0 Å². The highest BCUT2D eigenvalue weighted by Gasteiger charge is 2.22. The van der Waals surface area contributed by atoms with Crippen LogP contribution in [0, 0.1) is 6.92 Å². The van der Waals surface area contributed by atoms with E-state index in [2.05, 4.69) is 4.72 Å². The molecule has 0 unspecified atom stereocenters. The Bertz CT molecular complexity index is 860. The van der Waals surface area contributed by atoms with Gasteiger partial charge < -0.3 is 4.90 Å². The molecule has 1 heterocycles. The molecule has 0 saturated carbocycles. The van der Waals surface area contributed by atoms with Crippen LogP contribution < -0.4 is 9.62 Å². The van der Waals surface area contributed by atoms with Crippen LogP contribution in [-0.4, -0.2) is 27.4 Å². The molecule has 1 aliphatic heterocycles. The average molecular weight is 358 g/mol. The molecule has 1 fully saturated rings. The van der Waals surface area contributed by atoms with E-state index in [1.165, 1.54) is 0 Å². The number of nitrogens with zero attached hydrogens (tertiary/aromatic N) is 1. The zero-order valence-electron chi connectivity index (χ0n) is 14.2. The van der Waals surface area contributed by atoms with E-state index in [0.29, 0.717) is 25.9 Å². The molecule has 1 aliphatic rings. The van der Waals surface area contributed by atoms with Crippen molar-refractivity contribution in [1.29, 1.82) is 0 Å². The largest absolute Gasteiger partial charge is 0.312 e. The van der Waals surface area contributed by atoms with E-state index < -0.39 is 10.0 Å². The lowest BCUT2D eigenvalue weighted by Gasteiger charge is -2.16. The van der Waals surface area contributed by atoms with Gasteiger partial charge in [-0.1, -0.05) is 24.3 Å². The van der Waals surface area contributed by atoms with Crippen LogP contribution >= 0.6 is 0 Å². The summed E-state index contributed by atoms with van der Waals surface area (Å²) in [4.78, 5) is 13.7. The summed E-state index contributed by atoms with van der Waals surface area (Å²) in [6.07, 6.45) is 2.05. The fourth-order valence-electron chi connectivity index (χ4n) is 3.02. The molecule has 2 aromatic carbocycles. The standard InChI is InChI=1S/C19H22N2O3S/c1-15-5-2-3-6-16(15)12-13-20-25(23,24)18-10-8-17(9-11-18)21-14-4-7-19(21)22/h2-3,5-6,8-11,20H,4,7,12-14H2,1H3. The van der Waals surface area contributed by atoms with Crippen molar-refractivity contribution in [3.8, 4) is 0 Å². The van der Waals surface area contributed by atoms with Gasteiger partial charge in [0.25, 0.3) is 0 Å². The Balaban J connectivity index is 1.64. The second kappa shape index (κ2) is 7.37. The number of sulfonamides is 1. The molecule has 0 bridgehead atoms. The molecule has 0 spiro atoms. The van der Waals surface area contributed by atoms with E-state index in [1.807, 2.05) is 31.2 Å². The number of nitrogens with one attached hydrogen (secondary N) is 1. The highest BCUT2D eigenvalue weighted by atomic mass is 32.2. The molecule has 3 rings (SSSR count). The van der Waals surface area contributed by atoms with Gasteiger partial charge in [0.1, 0.15) is 0 Å². The fourth-order valence-corrected chi connectivity index (χ4v) is 4.05. The van der Waals surface area contributed by atoms with Gasteiger partial charge in [-0.3, -0.25) is 4.79 Å². The van der Waals surface area contributed by atoms with Crippen molar-refractivity contribution in [3.63, 3.8) is 0 Å². The quantitative estimate of drug-likeness (QED) is 0.863. The van der Waals surface area contributed by atoms with Crippen molar-refractivity contribution in [2.24, 2.45) is 0 Å². The summed E-state index contributed by atoms with van der Waals surface area (Å²) in [5, 5.41) is 0. The number of hydrogen-bond donors (Lipinski definition) is 1. The van der Waals surface area contributed by atoms with E-state index in [9.17, 15) is 13.2 Å². The molecule has 5 nitrogen and oxygen atoms in total. The number of aryl methyl sites for hydroxylation is 1. The third-order valence-corrected chi connectivity index (χ3v) is 5.96. The Morgan fingerprint density at radius 2 is 1.80 bits per heavy atom. The first-order chi connectivity index (χ1) is 12.0. The minimum atomic E-state index is -3.55. The number of carbonyl (C=O) groups is 1. The highest BCUT2D eigenvalue weighted by Crippen LogP contribution is 2.22. The number of carbonyl (C=O) groups excluding carboxylic acids is 1. The van der Waals surface area contributed by atoms with E-state index in [1.54, 1.807) is 29.2 Å². The SMILES string of the molecule is Cc1ccccc1CCNS(=O)(=O)c1ccc(N2CCCC2=O)cc1. The van der Waals surface area contributed by atoms with Crippen molar-refractivity contribution in [2.45, 2.75) is 31.1 Å². The van der Waals surface area contributed by atoms with Gasteiger partial charge in [0.2, 0.25) is 15.9 Å². The van der Waals surface area contributed by atoms with E-state index in [-0.39, 0.29) is 10.8 Å². The summed E-state index contributed by atoms with van der Waals surface area (Å²) in [5.74, 6) is 0.0898. The van der Waals surface area contributed by atoms with Crippen LogP contribution in [0.5, 0.6) is 0 Å². The fraction of sp³-hybridized carbons (Fsp3) is 0.316. The van der Waals surface area contributed by atoms with Crippen molar-refractivity contribution in [3.05, 3.63) is 59.7 Å². The van der Waals surface area contributed by atoms with Crippen LogP contribution in [0.15, 0.2) is 53.4 Å². The first-order valence-corrected chi connectivity index (χ1v) is 9.90. The third-order valence-electron chi connectivity index (χ3n) is 4.48. The van der Waals surface area contributed by atoms with Crippen molar-refractivity contribution in [1.82, 2.24) is 4.72 Å². The van der Waals surface area contributed by atoms with E-state index >= 15 is 0 Å². The predicted octanol–water partition coefficient (Wildman–Crippen LogP) is 2.64. The smallest absolute Gasteiger partial charge is 0.240 e. The maximum absolute atomic E-state index is 12.4. The topological polar surface area (TPSA) is 66.5 Å². The normalized spacial score (nSPS) is 14.9. The lowest BCUT2D eigenvalue weighted by Crippen LogP contribution is -2.26. The third kappa shape index (κ3) is 4.08. The van der Waals surface area contributed by atoms with Crippen LogP contribution in [0.4, 0.5) is 5.69 Å². The molecule has 132 valence electrons. The molecule has 1 amide bonds. The number of amides is 1. The maximum Gasteiger partial charge on any atom is 0.240 e. The predicted molar refractivity (Wildman–Crippen MR) is 98.1 cm³/mol. The summed E-state index contributed by atoms with van der Waals surface area (Å²) in [6.45, 7) is 3.06. The Kier molecular flexibility index (Phi) is 5.20. The Morgan fingerprint density at radius 3 is 2.44 bits per heavy atom. The summed E-state index contributed by atoms with van der Waals surface area (Å²) in [7, 11) is -3.55. The van der Waals surface area contributed by atoms with Gasteiger partial charge in [-0.2, -0.15) is 0 Å². The second-order valence-electron chi connectivity index (χ2n) is 6.22. The zero-order chi connectivity index (χ0) is 17.9. The van der Waals surface area contributed by atoms with Crippen LogP contribution in [0.3, 0.4) is 0 Å².